The van der Waals surface area contributed by atoms with Gasteiger partial charge in [0.15, 0.2) is 0 Å². The molecule has 1 aromatic heterocycles. The Bertz CT molecular complexity index is 1470. The standard InChI is InChI=1S/C27H21Cl3N4O2/c1-16-14-31-24-19(4-2-7-22(24)32-26(35)23-20(29)5-3-6-21(23)30)25(16)34-13-12-33(27(34)36)15-17-8-10-18(28)11-9-17/h2-11,14H,12-13,15H2,1H3,(H,32,35). The van der Waals surface area contributed by atoms with E-state index in [-0.39, 0.29) is 21.6 Å². The van der Waals surface area contributed by atoms with E-state index in [0.29, 0.717) is 35.9 Å². The van der Waals surface area contributed by atoms with Gasteiger partial charge in [-0.05, 0) is 48.4 Å². The number of urea groups is 1. The lowest BCUT2D eigenvalue weighted by Gasteiger charge is -2.22. The van der Waals surface area contributed by atoms with Crippen LogP contribution in [-0.4, -0.2) is 34.9 Å². The van der Waals surface area contributed by atoms with Crippen LogP contribution in [0.1, 0.15) is 21.5 Å². The zero-order valence-electron chi connectivity index (χ0n) is 19.3. The van der Waals surface area contributed by atoms with Crippen molar-refractivity contribution in [2.75, 3.05) is 23.3 Å². The van der Waals surface area contributed by atoms with Crippen molar-refractivity contribution in [3.05, 3.63) is 98.6 Å². The van der Waals surface area contributed by atoms with Crippen LogP contribution in [0.3, 0.4) is 0 Å². The Labute approximate surface area is 223 Å². The summed E-state index contributed by atoms with van der Waals surface area (Å²) in [5.74, 6) is -0.437. The first-order valence-electron chi connectivity index (χ1n) is 11.3. The summed E-state index contributed by atoms with van der Waals surface area (Å²) in [5.41, 5.74) is 3.90. The number of hydrogen-bond acceptors (Lipinski definition) is 3. The second-order valence-electron chi connectivity index (χ2n) is 8.52. The molecule has 2 heterocycles. The fraction of sp³-hybridized carbons (Fsp3) is 0.148. The predicted molar refractivity (Wildman–Crippen MR) is 145 cm³/mol. The number of pyridine rings is 1. The van der Waals surface area contributed by atoms with Crippen molar-refractivity contribution < 1.29 is 9.59 Å². The van der Waals surface area contributed by atoms with Crippen molar-refractivity contribution in [2.24, 2.45) is 0 Å². The molecule has 182 valence electrons. The van der Waals surface area contributed by atoms with Crippen LogP contribution in [0.4, 0.5) is 16.2 Å². The lowest BCUT2D eigenvalue weighted by Crippen LogP contribution is -2.32. The monoisotopic (exact) mass is 538 g/mol. The molecule has 5 rings (SSSR count). The number of carbonyl (C=O) groups is 2. The largest absolute Gasteiger partial charge is 0.324 e. The molecule has 0 spiro atoms. The Morgan fingerprint density at radius 2 is 1.67 bits per heavy atom. The molecule has 3 amide bonds. The van der Waals surface area contributed by atoms with Crippen molar-refractivity contribution >= 4 is 69.0 Å². The van der Waals surface area contributed by atoms with Crippen LogP contribution in [0, 0.1) is 6.92 Å². The molecule has 0 aliphatic carbocycles. The minimum Gasteiger partial charge on any atom is -0.320 e. The quantitative estimate of drug-likeness (QED) is 0.292. The third kappa shape index (κ3) is 4.60. The van der Waals surface area contributed by atoms with Gasteiger partial charge in [0.2, 0.25) is 0 Å². The highest BCUT2D eigenvalue weighted by molar-refractivity contribution is 6.40. The zero-order valence-corrected chi connectivity index (χ0v) is 21.5. The summed E-state index contributed by atoms with van der Waals surface area (Å²) in [6.45, 7) is 3.55. The molecule has 3 aromatic carbocycles. The maximum atomic E-state index is 13.4. The van der Waals surface area contributed by atoms with Crippen LogP contribution in [0.25, 0.3) is 10.9 Å². The number of para-hydroxylation sites is 1. The number of amides is 3. The maximum absolute atomic E-state index is 13.4. The van der Waals surface area contributed by atoms with Gasteiger partial charge in [-0.2, -0.15) is 0 Å². The topological polar surface area (TPSA) is 65.5 Å². The first-order chi connectivity index (χ1) is 17.3. The molecule has 0 saturated carbocycles. The highest BCUT2D eigenvalue weighted by atomic mass is 35.5. The maximum Gasteiger partial charge on any atom is 0.324 e. The summed E-state index contributed by atoms with van der Waals surface area (Å²) in [4.78, 5) is 34.6. The van der Waals surface area contributed by atoms with Gasteiger partial charge in [-0.3, -0.25) is 14.7 Å². The van der Waals surface area contributed by atoms with Gasteiger partial charge in [-0.15, -0.1) is 0 Å². The number of fused-ring (bicyclic) bond motifs is 1. The van der Waals surface area contributed by atoms with E-state index in [1.807, 2.05) is 43.3 Å². The Morgan fingerprint density at radius 1 is 0.972 bits per heavy atom. The van der Waals surface area contributed by atoms with Crippen LogP contribution in [0.5, 0.6) is 0 Å². The first kappa shape index (κ1) is 24.4. The number of rotatable bonds is 5. The van der Waals surface area contributed by atoms with Gasteiger partial charge in [0, 0.05) is 36.2 Å². The second kappa shape index (κ2) is 9.97. The summed E-state index contributed by atoms with van der Waals surface area (Å²) < 4.78 is 0. The Kier molecular flexibility index (Phi) is 6.75. The average Bonchev–Trinajstić information content (AvgIpc) is 3.20. The lowest BCUT2D eigenvalue weighted by molar-refractivity contribution is 0.102. The van der Waals surface area contributed by atoms with E-state index < -0.39 is 5.91 Å². The molecule has 1 aliphatic heterocycles. The average molecular weight is 540 g/mol. The summed E-state index contributed by atoms with van der Waals surface area (Å²) in [6.07, 6.45) is 1.71. The van der Waals surface area contributed by atoms with Gasteiger partial charge >= 0.3 is 6.03 Å². The molecule has 6 nitrogen and oxygen atoms in total. The van der Waals surface area contributed by atoms with E-state index in [0.717, 1.165) is 22.2 Å². The van der Waals surface area contributed by atoms with Gasteiger partial charge in [-0.25, -0.2) is 4.79 Å². The van der Waals surface area contributed by atoms with Gasteiger partial charge in [0.1, 0.15) is 0 Å². The molecule has 0 atom stereocenters. The van der Waals surface area contributed by atoms with Crippen molar-refractivity contribution in [3.8, 4) is 0 Å². The molecule has 0 bridgehead atoms. The smallest absolute Gasteiger partial charge is 0.320 e. The minimum absolute atomic E-state index is 0.0853. The van der Waals surface area contributed by atoms with Crippen molar-refractivity contribution in [1.29, 1.82) is 0 Å². The van der Waals surface area contributed by atoms with Gasteiger partial charge in [0.05, 0.1) is 32.5 Å². The molecule has 36 heavy (non-hydrogen) atoms. The van der Waals surface area contributed by atoms with Gasteiger partial charge in [-0.1, -0.05) is 65.1 Å². The number of aromatic nitrogens is 1. The van der Waals surface area contributed by atoms with Crippen LogP contribution < -0.4 is 10.2 Å². The molecule has 9 heteroatoms. The summed E-state index contributed by atoms with van der Waals surface area (Å²) >= 11 is 18.4. The molecular formula is C27H21Cl3N4O2. The number of halogens is 3. The minimum atomic E-state index is -0.437. The molecule has 1 aliphatic rings. The predicted octanol–water partition coefficient (Wildman–Crippen LogP) is 7.20. The third-order valence-electron chi connectivity index (χ3n) is 6.14. The van der Waals surface area contributed by atoms with Crippen molar-refractivity contribution in [1.82, 2.24) is 9.88 Å². The molecular weight excluding hydrogens is 519 g/mol. The molecule has 0 unspecified atom stereocenters. The molecule has 0 radical (unpaired) electrons. The summed E-state index contributed by atoms with van der Waals surface area (Å²) in [5, 5.41) is 4.82. The highest BCUT2D eigenvalue weighted by Gasteiger charge is 2.32. The number of aryl methyl sites for hydroxylation is 1. The lowest BCUT2D eigenvalue weighted by atomic mass is 10.1. The molecule has 1 N–H and O–H groups in total. The normalized spacial score (nSPS) is 13.5. The summed E-state index contributed by atoms with van der Waals surface area (Å²) in [6, 6.07) is 17.8. The van der Waals surface area contributed by atoms with E-state index in [9.17, 15) is 9.59 Å². The fourth-order valence-corrected chi connectivity index (χ4v) is 5.11. The van der Waals surface area contributed by atoms with Crippen molar-refractivity contribution in [2.45, 2.75) is 13.5 Å². The van der Waals surface area contributed by atoms with E-state index >= 15 is 0 Å². The molecule has 4 aromatic rings. The SMILES string of the molecule is Cc1cnc2c(NC(=O)c3c(Cl)cccc3Cl)cccc2c1N1CCN(Cc2ccc(Cl)cc2)C1=O. The number of anilines is 2. The number of nitrogens with zero attached hydrogens (tertiary/aromatic N) is 3. The zero-order chi connectivity index (χ0) is 25.4. The Hall–Kier alpha value is -3.32. The molecule has 1 fully saturated rings. The van der Waals surface area contributed by atoms with Crippen LogP contribution in [0.2, 0.25) is 15.1 Å². The van der Waals surface area contributed by atoms with E-state index in [4.69, 9.17) is 34.8 Å². The van der Waals surface area contributed by atoms with Crippen LogP contribution in [-0.2, 0) is 6.54 Å². The van der Waals surface area contributed by atoms with Gasteiger partial charge < -0.3 is 10.2 Å². The number of hydrogen-bond donors (Lipinski definition) is 1. The fourth-order valence-electron chi connectivity index (χ4n) is 4.41. The van der Waals surface area contributed by atoms with E-state index in [2.05, 4.69) is 10.3 Å². The molecule has 1 saturated heterocycles. The van der Waals surface area contributed by atoms with E-state index in [1.54, 1.807) is 40.3 Å². The Balaban J connectivity index is 1.46. The summed E-state index contributed by atoms with van der Waals surface area (Å²) in [7, 11) is 0. The van der Waals surface area contributed by atoms with Gasteiger partial charge in [0.25, 0.3) is 5.91 Å². The second-order valence-corrected chi connectivity index (χ2v) is 9.78. The van der Waals surface area contributed by atoms with E-state index in [1.165, 1.54) is 0 Å². The van der Waals surface area contributed by atoms with Crippen LogP contribution in [0.15, 0.2) is 66.9 Å². The number of carbonyl (C=O) groups excluding carboxylic acids is 2. The first-order valence-corrected chi connectivity index (χ1v) is 12.4. The highest BCUT2D eigenvalue weighted by Crippen LogP contribution is 2.35. The Morgan fingerprint density at radius 3 is 2.39 bits per heavy atom. The van der Waals surface area contributed by atoms with Crippen LogP contribution >= 0.6 is 34.8 Å². The van der Waals surface area contributed by atoms with Crippen molar-refractivity contribution in [3.63, 3.8) is 0 Å². The number of nitrogens with one attached hydrogen (secondary N) is 1. The third-order valence-corrected chi connectivity index (χ3v) is 7.02. The number of benzene rings is 3.